The summed E-state index contributed by atoms with van der Waals surface area (Å²) < 4.78 is 5.15. The van der Waals surface area contributed by atoms with Crippen LogP contribution in [-0.4, -0.2) is 39.3 Å². The highest BCUT2D eigenvalue weighted by Gasteiger charge is 2.20. The molecular weight excluding hydrogens is 256 g/mol. The van der Waals surface area contributed by atoms with Gasteiger partial charge in [0, 0.05) is 18.9 Å². The van der Waals surface area contributed by atoms with Crippen LogP contribution in [0.1, 0.15) is 29.6 Å². The van der Waals surface area contributed by atoms with Gasteiger partial charge in [-0.05, 0) is 19.3 Å². The molecule has 0 aliphatic rings. The molecule has 2 N–H and O–H groups in total. The van der Waals surface area contributed by atoms with Gasteiger partial charge in [-0.2, -0.15) is 0 Å². The second kappa shape index (κ2) is 7.27. The molecule has 1 aromatic rings. The lowest BCUT2D eigenvalue weighted by atomic mass is 10.2. The largest absolute Gasteiger partial charge is 0.478 e. The minimum absolute atomic E-state index is 0.0890. The van der Waals surface area contributed by atoms with Crippen LogP contribution < -0.4 is 4.74 Å². The predicted molar refractivity (Wildman–Crippen MR) is 64.3 cm³/mol. The molecule has 0 amide bonds. The lowest BCUT2D eigenvalue weighted by molar-refractivity contribution is -0.386. The number of hydrogen-bond donors (Lipinski definition) is 2. The van der Waals surface area contributed by atoms with E-state index in [-0.39, 0.29) is 24.7 Å². The SMILES string of the molecule is O=C(O)c1cnc(OCCCCCO)c([N+](=O)[O-])c1. The molecular formula is C11H14N2O6. The van der Waals surface area contributed by atoms with E-state index in [1.807, 2.05) is 0 Å². The van der Waals surface area contributed by atoms with Crippen LogP contribution in [0.25, 0.3) is 0 Å². The van der Waals surface area contributed by atoms with Gasteiger partial charge in [0.2, 0.25) is 0 Å². The average molecular weight is 270 g/mol. The fourth-order valence-electron chi connectivity index (χ4n) is 1.36. The Bertz CT molecular complexity index is 462. The zero-order valence-corrected chi connectivity index (χ0v) is 10.1. The molecule has 0 spiro atoms. The number of aliphatic hydroxyl groups excluding tert-OH is 1. The topological polar surface area (TPSA) is 123 Å². The molecule has 8 nitrogen and oxygen atoms in total. The van der Waals surface area contributed by atoms with Crippen molar-refractivity contribution < 1.29 is 24.7 Å². The Morgan fingerprint density at radius 3 is 2.74 bits per heavy atom. The summed E-state index contributed by atoms with van der Waals surface area (Å²) in [5.41, 5.74) is -0.735. The summed E-state index contributed by atoms with van der Waals surface area (Å²) in [4.78, 5) is 24.4. The number of carboxylic acids is 1. The van der Waals surface area contributed by atoms with Crippen molar-refractivity contribution >= 4 is 11.7 Å². The van der Waals surface area contributed by atoms with Crippen LogP contribution in [0.4, 0.5) is 5.69 Å². The second-order valence-electron chi connectivity index (χ2n) is 3.74. The Labute approximate surface area is 108 Å². The van der Waals surface area contributed by atoms with Gasteiger partial charge < -0.3 is 14.9 Å². The maximum atomic E-state index is 10.8. The second-order valence-corrected chi connectivity index (χ2v) is 3.74. The van der Waals surface area contributed by atoms with Gasteiger partial charge >= 0.3 is 11.7 Å². The van der Waals surface area contributed by atoms with E-state index >= 15 is 0 Å². The van der Waals surface area contributed by atoms with Crippen LogP contribution in [0, 0.1) is 10.1 Å². The Kier molecular flexibility index (Phi) is 5.68. The fraction of sp³-hybridized carbons (Fsp3) is 0.455. The number of hydrogen-bond acceptors (Lipinski definition) is 6. The summed E-state index contributed by atoms with van der Waals surface area (Å²) in [6.07, 6.45) is 3.01. The van der Waals surface area contributed by atoms with Crippen LogP contribution in [0.3, 0.4) is 0 Å². The third kappa shape index (κ3) is 4.51. The van der Waals surface area contributed by atoms with Crippen molar-refractivity contribution in [3.63, 3.8) is 0 Å². The first-order valence-corrected chi connectivity index (χ1v) is 5.67. The molecule has 1 heterocycles. The number of nitro groups is 1. The van der Waals surface area contributed by atoms with Crippen molar-refractivity contribution in [2.75, 3.05) is 13.2 Å². The summed E-state index contributed by atoms with van der Waals surface area (Å²) in [6.45, 7) is 0.311. The number of aromatic carboxylic acids is 1. The molecule has 0 atom stereocenters. The van der Waals surface area contributed by atoms with Crippen LogP contribution in [0.2, 0.25) is 0 Å². The van der Waals surface area contributed by atoms with E-state index in [4.69, 9.17) is 14.9 Å². The highest BCUT2D eigenvalue weighted by molar-refractivity contribution is 5.88. The minimum Gasteiger partial charge on any atom is -0.478 e. The van der Waals surface area contributed by atoms with Gasteiger partial charge in [0.1, 0.15) is 0 Å². The van der Waals surface area contributed by atoms with Crippen molar-refractivity contribution in [2.24, 2.45) is 0 Å². The molecule has 0 aliphatic carbocycles. The van der Waals surface area contributed by atoms with E-state index in [0.29, 0.717) is 12.8 Å². The number of pyridine rings is 1. The number of nitrogens with zero attached hydrogens (tertiary/aromatic N) is 2. The first kappa shape index (κ1) is 14.8. The smallest absolute Gasteiger partial charge is 0.337 e. The van der Waals surface area contributed by atoms with Gasteiger partial charge in [0.05, 0.1) is 17.1 Å². The van der Waals surface area contributed by atoms with Crippen molar-refractivity contribution in [3.05, 3.63) is 27.9 Å². The van der Waals surface area contributed by atoms with Crippen LogP contribution >= 0.6 is 0 Å². The van der Waals surface area contributed by atoms with Crippen molar-refractivity contribution in [1.82, 2.24) is 4.98 Å². The lowest BCUT2D eigenvalue weighted by Crippen LogP contribution is -2.05. The van der Waals surface area contributed by atoms with Gasteiger partial charge in [-0.25, -0.2) is 9.78 Å². The molecule has 8 heteroatoms. The normalized spacial score (nSPS) is 10.2. The fourth-order valence-corrected chi connectivity index (χ4v) is 1.36. The first-order chi connectivity index (χ1) is 9.06. The number of aliphatic hydroxyl groups is 1. The van der Waals surface area contributed by atoms with Crippen LogP contribution in [0.15, 0.2) is 12.3 Å². The monoisotopic (exact) mass is 270 g/mol. The van der Waals surface area contributed by atoms with Crippen LogP contribution in [0.5, 0.6) is 5.88 Å². The molecule has 0 unspecified atom stereocenters. The van der Waals surface area contributed by atoms with E-state index in [9.17, 15) is 14.9 Å². The van der Waals surface area contributed by atoms with E-state index in [1.54, 1.807) is 0 Å². The summed E-state index contributed by atoms with van der Waals surface area (Å²) in [7, 11) is 0. The van der Waals surface area contributed by atoms with E-state index in [2.05, 4.69) is 4.98 Å². The molecule has 0 aromatic carbocycles. The van der Waals surface area contributed by atoms with Gasteiger partial charge in [-0.3, -0.25) is 10.1 Å². The molecule has 0 aliphatic heterocycles. The molecule has 1 aromatic heterocycles. The first-order valence-electron chi connectivity index (χ1n) is 5.67. The summed E-state index contributed by atoms with van der Waals surface area (Å²) >= 11 is 0. The van der Waals surface area contributed by atoms with E-state index < -0.39 is 16.6 Å². The van der Waals surface area contributed by atoms with Gasteiger partial charge in [-0.1, -0.05) is 0 Å². The number of ether oxygens (including phenoxy) is 1. The number of rotatable bonds is 8. The Balaban J connectivity index is 2.71. The molecule has 0 saturated heterocycles. The molecule has 1 rings (SSSR count). The highest BCUT2D eigenvalue weighted by Crippen LogP contribution is 2.25. The average Bonchev–Trinajstić information content (AvgIpc) is 2.38. The zero-order chi connectivity index (χ0) is 14.3. The standard InChI is InChI=1S/C11H14N2O6/c14-4-2-1-3-5-19-10-9(13(17)18)6-8(7-12-10)11(15)16/h6-7,14H,1-5H2,(H,15,16). The van der Waals surface area contributed by atoms with Crippen LogP contribution in [-0.2, 0) is 0 Å². The number of unbranched alkanes of at least 4 members (excludes halogenated alkanes) is 2. The maximum Gasteiger partial charge on any atom is 0.337 e. The molecule has 104 valence electrons. The summed E-state index contributed by atoms with van der Waals surface area (Å²) in [5.74, 6) is -1.48. The third-order valence-electron chi connectivity index (χ3n) is 2.32. The van der Waals surface area contributed by atoms with Crippen molar-refractivity contribution in [2.45, 2.75) is 19.3 Å². The molecule has 0 saturated carbocycles. The quantitative estimate of drug-likeness (QED) is 0.413. The lowest BCUT2D eigenvalue weighted by Gasteiger charge is -2.05. The van der Waals surface area contributed by atoms with Crippen molar-refractivity contribution in [1.29, 1.82) is 0 Å². The Morgan fingerprint density at radius 1 is 1.42 bits per heavy atom. The minimum atomic E-state index is -1.29. The zero-order valence-electron chi connectivity index (χ0n) is 10.1. The summed E-state index contributed by atoms with van der Waals surface area (Å²) in [6, 6.07) is 0.915. The number of aromatic nitrogens is 1. The molecule has 0 bridgehead atoms. The van der Waals surface area contributed by atoms with Gasteiger partial charge in [-0.15, -0.1) is 0 Å². The number of carboxylic acid groups (broad SMARTS) is 1. The Hall–Kier alpha value is -2.22. The van der Waals surface area contributed by atoms with E-state index in [1.165, 1.54) is 0 Å². The number of carbonyl (C=O) groups is 1. The predicted octanol–water partition coefficient (Wildman–Crippen LogP) is 1.23. The van der Waals surface area contributed by atoms with E-state index in [0.717, 1.165) is 18.7 Å². The molecule has 0 fully saturated rings. The van der Waals surface area contributed by atoms with Gasteiger partial charge in [0.25, 0.3) is 5.88 Å². The maximum absolute atomic E-state index is 10.8. The summed E-state index contributed by atoms with van der Waals surface area (Å²) in [5, 5.41) is 28.1. The van der Waals surface area contributed by atoms with Gasteiger partial charge in [0.15, 0.2) is 0 Å². The molecule has 19 heavy (non-hydrogen) atoms. The highest BCUT2D eigenvalue weighted by atomic mass is 16.6. The molecule has 0 radical (unpaired) electrons. The third-order valence-corrected chi connectivity index (χ3v) is 2.32. The van der Waals surface area contributed by atoms with Crippen molar-refractivity contribution in [3.8, 4) is 5.88 Å². The Morgan fingerprint density at radius 2 is 2.16 bits per heavy atom.